The maximum atomic E-state index is 13.0. The Morgan fingerprint density at radius 1 is 1.31 bits per heavy atom. The van der Waals surface area contributed by atoms with Crippen molar-refractivity contribution in [3.05, 3.63) is 34.4 Å². The SMILES string of the molecule is CCn1nc(C)c(C(=O)N2CC(C)C(NC(=O)c3[nH]ncc3C)C2)c1C. The number of nitrogens with one attached hydrogen (secondary N) is 2. The van der Waals surface area contributed by atoms with Crippen molar-refractivity contribution in [3.8, 4) is 0 Å². The number of amides is 2. The van der Waals surface area contributed by atoms with Gasteiger partial charge in [-0.1, -0.05) is 6.92 Å². The normalized spacial score (nSPS) is 19.8. The Bertz CT molecular complexity index is 837. The van der Waals surface area contributed by atoms with Gasteiger partial charge >= 0.3 is 0 Å². The number of likely N-dealkylation sites (tertiary alicyclic amines) is 1. The van der Waals surface area contributed by atoms with Crippen LogP contribution in [0.25, 0.3) is 0 Å². The van der Waals surface area contributed by atoms with E-state index in [2.05, 4.69) is 20.6 Å². The summed E-state index contributed by atoms with van der Waals surface area (Å²) in [6, 6.07) is -0.0871. The van der Waals surface area contributed by atoms with Crippen LogP contribution in [-0.4, -0.2) is 55.8 Å². The number of aromatic nitrogens is 4. The van der Waals surface area contributed by atoms with Crippen LogP contribution in [-0.2, 0) is 6.54 Å². The first-order valence-electron chi connectivity index (χ1n) is 8.97. The van der Waals surface area contributed by atoms with Crippen LogP contribution in [0.3, 0.4) is 0 Å². The fraction of sp³-hybridized carbons (Fsp3) is 0.556. The van der Waals surface area contributed by atoms with Gasteiger partial charge in [-0.15, -0.1) is 0 Å². The number of carbonyl (C=O) groups excluding carboxylic acids is 2. The molecule has 1 aliphatic heterocycles. The van der Waals surface area contributed by atoms with Gasteiger partial charge in [0.15, 0.2) is 0 Å². The predicted molar refractivity (Wildman–Crippen MR) is 97.0 cm³/mol. The summed E-state index contributed by atoms with van der Waals surface area (Å²) < 4.78 is 1.85. The summed E-state index contributed by atoms with van der Waals surface area (Å²) >= 11 is 0. The lowest BCUT2D eigenvalue weighted by molar-refractivity contribution is 0.0779. The molecule has 3 heterocycles. The quantitative estimate of drug-likeness (QED) is 0.864. The van der Waals surface area contributed by atoms with E-state index in [1.54, 1.807) is 6.20 Å². The van der Waals surface area contributed by atoms with Crippen molar-refractivity contribution in [2.75, 3.05) is 13.1 Å². The largest absolute Gasteiger partial charge is 0.346 e. The molecular formula is C18H26N6O2. The van der Waals surface area contributed by atoms with Crippen molar-refractivity contribution in [2.45, 2.75) is 47.2 Å². The van der Waals surface area contributed by atoms with Gasteiger partial charge in [0, 0.05) is 25.3 Å². The first kappa shape index (κ1) is 18.2. The van der Waals surface area contributed by atoms with Crippen molar-refractivity contribution in [1.29, 1.82) is 0 Å². The van der Waals surface area contributed by atoms with Crippen LogP contribution in [0.4, 0.5) is 0 Å². The molecule has 2 aromatic heterocycles. The molecule has 2 amide bonds. The third-order valence-corrected chi connectivity index (χ3v) is 5.17. The van der Waals surface area contributed by atoms with E-state index >= 15 is 0 Å². The molecule has 1 saturated heterocycles. The van der Waals surface area contributed by atoms with Gasteiger partial charge in [0.1, 0.15) is 5.69 Å². The van der Waals surface area contributed by atoms with Crippen LogP contribution in [0.15, 0.2) is 6.20 Å². The number of H-pyrrole nitrogens is 1. The zero-order valence-electron chi connectivity index (χ0n) is 16.0. The molecule has 140 valence electrons. The summed E-state index contributed by atoms with van der Waals surface area (Å²) in [7, 11) is 0. The lowest BCUT2D eigenvalue weighted by atomic mass is 10.1. The highest BCUT2D eigenvalue weighted by Crippen LogP contribution is 2.22. The number of rotatable bonds is 4. The summed E-state index contributed by atoms with van der Waals surface area (Å²) in [5, 5.41) is 14.1. The molecule has 3 rings (SSSR count). The molecule has 1 aliphatic rings. The summed E-state index contributed by atoms with van der Waals surface area (Å²) in [5.74, 6) is -0.0220. The van der Waals surface area contributed by atoms with Crippen LogP contribution < -0.4 is 5.32 Å². The van der Waals surface area contributed by atoms with Gasteiger partial charge in [0.2, 0.25) is 0 Å². The molecule has 0 saturated carbocycles. The van der Waals surface area contributed by atoms with Crippen LogP contribution in [0.2, 0.25) is 0 Å². The first-order valence-corrected chi connectivity index (χ1v) is 8.97. The second kappa shape index (κ2) is 6.93. The van der Waals surface area contributed by atoms with Crippen molar-refractivity contribution in [3.63, 3.8) is 0 Å². The maximum absolute atomic E-state index is 13.0. The van der Waals surface area contributed by atoms with Gasteiger partial charge in [0.25, 0.3) is 11.8 Å². The van der Waals surface area contributed by atoms with Crippen LogP contribution in [0.5, 0.6) is 0 Å². The van der Waals surface area contributed by atoms with Crippen molar-refractivity contribution in [1.82, 2.24) is 30.2 Å². The fourth-order valence-electron chi connectivity index (χ4n) is 3.61. The lowest BCUT2D eigenvalue weighted by Gasteiger charge is -2.17. The Morgan fingerprint density at radius 3 is 2.62 bits per heavy atom. The van der Waals surface area contributed by atoms with Gasteiger partial charge in [0.05, 0.1) is 23.5 Å². The van der Waals surface area contributed by atoms with E-state index < -0.39 is 0 Å². The number of aryl methyl sites for hydroxylation is 3. The number of hydrogen-bond donors (Lipinski definition) is 2. The zero-order valence-corrected chi connectivity index (χ0v) is 16.0. The first-order chi connectivity index (χ1) is 12.3. The zero-order chi connectivity index (χ0) is 19.0. The van der Waals surface area contributed by atoms with Gasteiger partial charge in [-0.25, -0.2) is 0 Å². The summed E-state index contributed by atoms with van der Waals surface area (Å²) in [4.78, 5) is 27.3. The van der Waals surface area contributed by atoms with Crippen molar-refractivity contribution < 1.29 is 9.59 Å². The second-order valence-corrected chi connectivity index (χ2v) is 7.06. The van der Waals surface area contributed by atoms with E-state index in [4.69, 9.17) is 0 Å². The molecule has 0 radical (unpaired) electrons. The van der Waals surface area contributed by atoms with Gasteiger partial charge in [-0.2, -0.15) is 10.2 Å². The molecule has 0 bridgehead atoms. The Balaban J connectivity index is 1.72. The molecule has 1 fully saturated rings. The van der Waals surface area contributed by atoms with Crippen LogP contribution in [0.1, 0.15) is 51.6 Å². The highest BCUT2D eigenvalue weighted by Gasteiger charge is 2.35. The molecule has 8 heteroatoms. The maximum Gasteiger partial charge on any atom is 0.269 e. The third kappa shape index (κ3) is 3.11. The lowest BCUT2D eigenvalue weighted by Crippen LogP contribution is -2.41. The topological polar surface area (TPSA) is 95.9 Å². The molecule has 2 unspecified atom stereocenters. The molecule has 26 heavy (non-hydrogen) atoms. The van der Waals surface area contributed by atoms with E-state index in [-0.39, 0.29) is 23.8 Å². The molecule has 2 N–H and O–H groups in total. The smallest absolute Gasteiger partial charge is 0.269 e. The monoisotopic (exact) mass is 358 g/mol. The summed E-state index contributed by atoms with van der Waals surface area (Å²) in [6.45, 7) is 11.5. The Labute approximate surface area is 152 Å². The molecule has 2 aromatic rings. The third-order valence-electron chi connectivity index (χ3n) is 5.17. The van der Waals surface area contributed by atoms with E-state index in [1.807, 2.05) is 44.2 Å². The number of nitrogens with zero attached hydrogens (tertiary/aromatic N) is 4. The average Bonchev–Trinajstić information content (AvgIpc) is 3.25. The second-order valence-electron chi connectivity index (χ2n) is 7.06. The summed E-state index contributed by atoms with van der Waals surface area (Å²) in [5.41, 5.74) is 3.60. The molecule has 0 aromatic carbocycles. The molecule has 0 spiro atoms. The minimum atomic E-state index is -0.183. The van der Waals surface area contributed by atoms with Crippen LogP contribution >= 0.6 is 0 Å². The van der Waals surface area contributed by atoms with Crippen LogP contribution in [0, 0.1) is 26.7 Å². The Morgan fingerprint density at radius 2 is 2.04 bits per heavy atom. The van der Waals surface area contributed by atoms with E-state index in [1.165, 1.54) is 0 Å². The minimum absolute atomic E-state index is 0.0129. The number of carbonyl (C=O) groups is 2. The highest BCUT2D eigenvalue weighted by molar-refractivity contribution is 5.97. The number of hydrogen-bond acceptors (Lipinski definition) is 4. The molecular weight excluding hydrogens is 332 g/mol. The van der Waals surface area contributed by atoms with Crippen molar-refractivity contribution in [2.24, 2.45) is 5.92 Å². The van der Waals surface area contributed by atoms with E-state index in [0.717, 1.165) is 23.5 Å². The Kier molecular flexibility index (Phi) is 4.84. The summed E-state index contributed by atoms with van der Waals surface area (Å²) in [6.07, 6.45) is 1.62. The van der Waals surface area contributed by atoms with E-state index in [0.29, 0.717) is 24.3 Å². The minimum Gasteiger partial charge on any atom is -0.346 e. The molecule has 8 nitrogen and oxygen atoms in total. The van der Waals surface area contributed by atoms with Gasteiger partial charge in [-0.3, -0.25) is 19.4 Å². The molecule has 0 aliphatic carbocycles. The Hall–Kier alpha value is -2.64. The highest BCUT2D eigenvalue weighted by atomic mass is 16.2. The fourth-order valence-corrected chi connectivity index (χ4v) is 3.61. The van der Waals surface area contributed by atoms with E-state index in [9.17, 15) is 9.59 Å². The predicted octanol–water partition coefficient (Wildman–Crippen LogP) is 1.44. The van der Waals surface area contributed by atoms with Gasteiger partial charge < -0.3 is 10.2 Å². The number of aromatic amines is 1. The van der Waals surface area contributed by atoms with Gasteiger partial charge in [-0.05, 0) is 39.2 Å². The standard InChI is InChI=1S/C18H26N6O2/c1-6-24-13(5)15(12(4)22-24)18(26)23-8-11(3)14(9-23)20-17(25)16-10(2)7-19-21-16/h7,11,14H,6,8-9H2,1-5H3,(H,19,21)(H,20,25). The molecule has 2 atom stereocenters. The van der Waals surface area contributed by atoms with Crippen molar-refractivity contribution >= 4 is 11.8 Å². The average molecular weight is 358 g/mol.